The Hall–Kier alpha value is -2.88. The van der Waals surface area contributed by atoms with Gasteiger partial charge in [-0.15, -0.1) is 0 Å². The van der Waals surface area contributed by atoms with Gasteiger partial charge in [0.15, 0.2) is 0 Å². The van der Waals surface area contributed by atoms with E-state index < -0.39 is 0 Å². The Balaban J connectivity index is 1.52. The van der Waals surface area contributed by atoms with Crippen molar-refractivity contribution in [2.75, 3.05) is 23.3 Å². The number of aromatic nitrogens is 1. The number of piperidine rings is 1. The standard InChI is InChI=1S/C21H21N3O/c25-21(19-6-4-5-16-11-12-22-15-20(16)19)23-17-7-9-18(10-8-17)24-13-2-1-3-14-24/h4-12,15H,1-3,13-14H2,(H,23,25). The SMILES string of the molecule is O=C(Nc1ccc(N2CCCCC2)cc1)c1cccc2ccncc12. The Bertz CT molecular complexity index is 878. The second-order valence-electron chi connectivity index (χ2n) is 6.45. The Morgan fingerprint density at radius 1 is 0.960 bits per heavy atom. The minimum Gasteiger partial charge on any atom is -0.372 e. The summed E-state index contributed by atoms with van der Waals surface area (Å²) in [5, 5.41) is 4.88. The van der Waals surface area contributed by atoms with Crippen LogP contribution in [0.4, 0.5) is 11.4 Å². The summed E-state index contributed by atoms with van der Waals surface area (Å²) in [6.45, 7) is 2.24. The van der Waals surface area contributed by atoms with E-state index in [2.05, 4.69) is 27.3 Å². The lowest BCUT2D eigenvalue weighted by molar-refractivity contribution is 0.102. The highest BCUT2D eigenvalue weighted by Crippen LogP contribution is 2.23. The highest BCUT2D eigenvalue weighted by molar-refractivity contribution is 6.12. The molecule has 1 aliphatic rings. The first kappa shape index (κ1) is 15.6. The van der Waals surface area contributed by atoms with Crippen LogP contribution in [0.2, 0.25) is 0 Å². The minimum atomic E-state index is -0.107. The van der Waals surface area contributed by atoms with Gasteiger partial charge < -0.3 is 10.2 Å². The molecule has 126 valence electrons. The molecule has 1 aliphatic heterocycles. The van der Waals surface area contributed by atoms with Crippen molar-refractivity contribution >= 4 is 28.1 Å². The maximum absolute atomic E-state index is 12.7. The number of carbonyl (C=O) groups excluding carboxylic acids is 1. The second-order valence-corrected chi connectivity index (χ2v) is 6.45. The lowest BCUT2D eigenvalue weighted by Crippen LogP contribution is -2.29. The quantitative estimate of drug-likeness (QED) is 0.770. The molecule has 1 fully saturated rings. The Morgan fingerprint density at radius 2 is 1.76 bits per heavy atom. The number of nitrogens with zero attached hydrogens (tertiary/aromatic N) is 2. The molecule has 0 spiro atoms. The summed E-state index contributed by atoms with van der Waals surface area (Å²) < 4.78 is 0. The molecule has 0 saturated carbocycles. The summed E-state index contributed by atoms with van der Waals surface area (Å²) in [6, 6.07) is 15.8. The van der Waals surface area contributed by atoms with E-state index >= 15 is 0 Å². The molecule has 4 nitrogen and oxygen atoms in total. The fourth-order valence-electron chi connectivity index (χ4n) is 3.42. The van der Waals surface area contributed by atoms with Gasteiger partial charge in [-0.2, -0.15) is 0 Å². The first-order valence-electron chi connectivity index (χ1n) is 8.80. The van der Waals surface area contributed by atoms with Crippen LogP contribution >= 0.6 is 0 Å². The van der Waals surface area contributed by atoms with E-state index in [1.54, 1.807) is 12.4 Å². The van der Waals surface area contributed by atoms with E-state index in [9.17, 15) is 4.79 Å². The number of pyridine rings is 1. The minimum absolute atomic E-state index is 0.107. The van der Waals surface area contributed by atoms with E-state index in [1.165, 1.54) is 24.9 Å². The number of benzene rings is 2. The van der Waals surface area contributed by atoms with Crippen LogP contribution < -0.4 is 10.2 Å². The molecule has 2 heterocycles. The molecule has 4 rings (SSSR count). The monoisotopic (exact) mass is 331 g/mol. The number of hydrogen-bond donors (Lipinski definition) is 1. The zero-order valence-electron chi connectivity index (χ0n) is 14.1. The molecule has 1 N–H and O–H groups in total. The van der Waals surface area contributed by atoms with Crippen molar-refractivity contribution in [3.63, 3.8) is 0 Å². The number of carbonyl (C=O) groups is 1. The average Bonchev–Trinajstić information content (AvgIpc) is 2.69. The van der Waals surface area contributed by atoms with Crippen molar-refractivity contribution < 1.29 is 4.79 Å². The van der Waals surface area contributed by atoms with Crippen molar-refractivity contribution in [2.24, 2.45) is 0 Å². The summed E-state index contributed by atoms with van der Waals surface area (Å²) in [7, 11) is 0. The number of anilines is 2. The van der Waals surface area contributed by atoms with Gasteiger partial charge in [0.25, 0.3) is 5.91 Å². The number of nitrogens with one attached hydrogen (secondary N) is 1. The third-order valence-electron chi connectivity index (χ3n) is 4.77. The molecule has 2 aromatic carbocycles. The summed E-state index contributed by atoms with van der Waals surface area (Å²) in [4.78, 5) is 19.2. The maximum atomic E-state index is 12.7. The summed E-state index contributed by atoms with van der Waals surface area (Å²) in [5.41, 5.74) is 2.68. The lowest BCUT2D eigenvalue weighted by Gasteiger charge is -2.28. The zero-order valence-corrected chi connectivity index (χ0v) is 14.1. The van der Waals surface area contributed by atoms with Gasteiger partial charge in [-0.25, -0.2) is 0 Å². The van der Waals surface area contributed by atoms with Crippen LogP contribution in [0.1, 0.15) is 29.6 Å². The van der Waals surface area contributed by atoms with Crippen molar-refractivity contribution in [1.29, 1.82) is 0 Å². The van der Waals surface area contributed by atoms with Crippen LogP contribution in [0.5, 0.6) is 0 Å². The van der Waals surface area contributed by atoms with Crippen LogP contribution in [0, 0.1) is 0 Å². The second kappa shape index (κ2) is 6.93. The Morgan fingerprint density at radius 3 is 2.56 bits per heavy atom. The van der Waals surface area contributed by atoms with Crippen molar-refractivity contribution in [1.82, 2.24) is 4.98 Å². The van der Waals surface area contributed by atoms with E-state index in [1.807, 2.05) is 36.4 Å². The van der Waals surface area contributed by atoms with E-state index in [4.69, 9.17) is 0 Å². The number of fused-ring (bicyclic) bond motifs is 1. The molecule has 1 amide bonds. The van der Waals surface area contributed by atoms with Gasteiger partial charge in [-0.1, -0.05) is 12.1 Å². The predicted molar refractivity (Wildman–Crippen MR) is 102 cm³/mol. The van der Waals surface area contributed by atoms with Gasteiger partial charge in [0.05, 0.1) is 0 Å². The van der Waals surface area contributed by atoms with Crippen molar-refractivity contribution in [3.8, 4) is 0 Å². The predicted octanol–water partition coefficient (Wildman–Crippen LogP) is 4.48. The van der Waals surface area contributed by atoms with Gasteiger partial charge >= 0.3 is 0 Å². The van der Waals surface area contributed by atoms with Crippen molar-refractivity contribution in [3.05, 3.63) is 66.5 Å². The van der Waals surface area contributed by atoms with Crippen LogP contribution in [0.25, 0.3) is 10.8 Å². The van der Waals surface area contributed by atoms with Gasteiger partial charge in [0.2, 0.25) is 0 Å². The molecular formula is C21H21N3O. The molecule has 1 aromatic heterocycles. The fourth-order valence-corrected chi connectivity index (χ4v) is 3.42. The van der Waals surface area contributed by atoms with Gasteiger partial charge in [0.1, 0.15) is 0 Å². The van der Waals surface area contributed by atoms with E-state index in [-0.39, 0.29) is 5.91 Å². The van der Waals surface area contributed by atoms with Crippen LogP contribution in [-0.2, 0) is 0 Å². The molecule has 4 heteroatoms. The highest BCUT2D eigenvalue weighted by atomic mass is 16.1. The fraction of sp³-hybridized carbons (Fsp3) is 0.238. The first-order chi connectivity index (χ1) is 12.3. The van der Waals surface area contributed by atoms with Gasteiger partial charge in [-0.05, 0) is 61.0 Å². The average molecular weight is 331 g/mol. The smallest absolute Gasteiger partial charge is 0.256 e. The molecule has 0 aliphatic carbocycles. The highest BCUT2D eigenvalue weighted by Gasteiger charge is 2.12. The summed E-state index contributed by atoms with van der Waals surface area (Å²) in [6.07, 6.45) is 7.32. The first-order valence-corrected chi connectivity index (χ1v) is 8.80. The number of hydrogen-bond acceptors (Lipinski definition) is 3. The molecule has 0 bridgehead atoms. The summed E-state index contributed by atoms with van der Waals surface area (Å²) >= 11 is 0. The molecule has 3 aromatic rings. The Kier molecular flexibility index (Phi) is 4.34. The molecular weight excluding hydrogens is 310 g/mol. The molecule has 0 radical (unpaired) electrons. The zero-order chi connectivity index (χ0) is 17.1. The maximum Gasteiger partial charge on any atom is 0.256 e. The number of rotatable bonds is 3. The van der Waals surface area contributed by atoms with E-state index in [0.29, 0.717) is 5.56 Å². The van der Waals surface area contributed by atoms with Gasteiger partial charge in [0, 0.05) is 47.8 Å². The third-order valence-corrected chi connectivity index (χ3v) is 4.77. The molecule has 25 heavy (non-hydrogen) atoms. The number of amides is 1. The third kappa shape index (κ3) is 3.33. The lowest BCUT2D eigenvalue weighted by atomic mass is 10.1. The normalized spacial score (nSPS) is 14.5. The van der Waals surface area contributed by atoms with Gasteiger partial charge in [-0.3, -0.25) is 9.78 Å². The summed E-state index contributed by atoms with van der Waals surface area (Å²) in [5.74, 6) is -0.107. The Labute approximate surface area is 147 Å². The molecule has 0 atom stereocenters. The topological polar surface area (TPSA) is 45.2 Å². The van der Waals surface area contributed by atoms with Crippen LogP contribution in [-0.4, -0.2) is 24.0 Å². The van der Waals surface area contributed by atoms with Crippen molar-refractivity contribution in [2.45, 2.75) is 19.3 Å². The molecule has 1 saturated heterocycles. The van der Waals surface area contributed by atoms with Crippen LogP contribution in [0.15, 0.2) is 60.9 Å². The van der Waals surface area contributed by atoms with Crippen LogP contribution in [0.3, 0.4) is 0 Å². The molecule has 0 unspecified atom stereocenters. The van der Waals surface area contributed by atoms with E-state index in [0.717, 1.165) is 29.5 Å². The largest absolute Gasteiger partial charge is 0.372 e.